The molecule has 0 bridgehead atoms. The lowest BCUT2D eigenvalue weighted by Crippen LogP contribution is -1.91. The summed E-state index contributed by atoms with van der Waals surface area (Å²) >= 11 is 2.41. The second-order valence-corrected chi connectivity index (χ2v) is 2.87. The third-order valence-electron chi connectivity index (χ3n) is 1.13. The molecule has 1 heteroatoms. The fourth-order valence-corrected chi connectivity index (χ4v) is 1.32. The van der Waals surface area contributed by atoms with Gasteiger partial charge in [0.2, 0.25) is 0 Å². The van der Waals surface area contributed by atoms with Crippen LogP contribution < -0.4 is 0 Å². The Hall–Kier alpha value is 0.730. The van der Waals surface area contributed by atoms with Crippen molar-refractivity contribution in [1.82, 2.24) is 0 Å². The van der Waals surface area contributed by atoms with Gasteiger partial charge in [0.05, 0.1) is 0 Å². The van der Waals surface area contributed by atoms with Gasteiger partial charge in [0.1, 0.15) is 0 Å². The van der Waals surface area contributed by atoms with E-state index in [1.165, 1.54) is 10.8 Å². The molecule has 0 aromatic rings. The van der Waals surface area contributed by atoms with Crippen LogP contribution in [0.15, 0.2) is 0 Å². The third-order valence-corrected chi connectivity index (χ3v) is 1.76. The average Bonchev–Trinajstić information content (AvgIpc) is 1.68. The fraction of sp³-hybridized carbons (Fsp3) is 0.833. The van der Waals surface area contributed by atoms with E-state index >= 15 is 0 Å². The maximum absolute atomic E-state index is 2.41. The van der Waals surface area contributed by atoms with Crippen molar-refractivity contribution in [2.24, 2.45) is 5.92 Å². The van der Waals surface area contributed by atoms with E-state index in [1.54, 1.807) is 0 Å². The molecule has 0 fully saturated rings. The first-order chi connectivity index (χ1) is 3.31. The lowest BCUT2D eigenvalue weighted by Gasteiger charge is -2.01. The highest BCUT2D eigenvalue weighted by molar-refractivity contribution is 14.1. The largest absolute Gasteiger partial charge is 0.0864 e. The van der Waals surface area contributed by atoms with Crippen molar-refractivity contribution in [3.05, 3.63) is 6.42 Å². The van der Waals surface area contributed by atoms with Crippen LogP contribution in [0.3, 0.4) is 0 Å². The van der Waals surface area contributed by atoms with Gasteiger partial charge in [-0.1, -0.05) is 36.4 Å². The van der Waals surface area contributed by atoms with Crippen LogP contribution in [-0.4, -0.2) is 4.43 Å². The van der Waals surface area contributed by atoms with Gasteiger partial charge in [-0.15, -0.1) is 0 Å². The molecule has 0 aliphatic heterocycles. The molecule has 1 radical (unpaired) electrons. The molecule has 0 spiro atoms. The van der Waals surface area contributed by atoms with Crippen LogP contribution in [-0.2, 0) is 0 Å². The predicted molar refractivity (Wildman–Crippen MR) is 42.6 cm³/mol. The molecule has 0 N–H and O–H groups in total. The van der Waals surface area contributed by atoms with Crippen molar-refractivity contribution in [3.8, 4) is 0 Å². The van der Waals surface area contributed by atoms with E-state index in [2.05, 4.69) is 42.9 Å². The molecule has 0 saturated heterocycles. The van der Waals surface area contributed by atoms with E-state index in [0.717, 1.165) is 5.92 Å². The monoisotopic (exact) mass is 211 g/mol. The predicted octanol–water partition coefficient (Wildman–Crippen LogP) is 2.67. The van der Waals surface area contributed by atoms with E-state index in [4.69, 9.17) is 0 Å². The second-order valence-electron chi connectivity index (χ2n) is 1.79. The van der Waals surface area contributed by atoms with Crippen molar-refractivity contribution >= 4 is 22.6 Å². The molecule has 0 rings (SSSR count). The second kappa shape index (κ2) is 4.88. The van der Waals surface area contributed by atoms with Crippen LogP contribution in [0, 0.1) is 12.3 Å². The topological polar surface area (TPSA) is 0 Å². The number of alkyl halides is 1. The summed E-state index contributed by atoms with van der Waals surface area (Å²) < 4.78 is 1.28. The summed E-state index contributed by atoms with van der Waals surface area (Å²) in [6, 6.07) is 0. The van der Waals surface area contributed by atoms with E-state index in [0.29, 0.717) is 0 Å². The summed E-state index contributed by atoms with van der Waals surface area (Å²) in [5, 5.41) is 0. The van der Waals surface area contributed by atoms with Gasteiger partial charge in [-0.3, -0.25) is 0 Å². The molecular formula is C6H12I. The molecule has 0 aliphatic rings. The standard InChI is InChI=1S/C6H12I/c1-3-6(2)4-5-7/h3,6H,4-5H2,1-2H3. The van der Waals surface area contributed by atoms with Crippen molar-refractivity contribution in [1.29, 1.82) is 0 Å². The number of rotatable bonds is 3. The van der Waals surface area contributed by atoms with Gasteiger partial charge in [-0.25, -0.2) is 0 Å². The van der Waals surface area contributed by atoms with Crippen molar-refractivity contribution in [2.45, 2.75) is 20.3 Å². The van der Waals surface area contributed by atoms with Gasteiger partial charge in [-0.2, -0.15) is 0 Å². The van der Waals surface area contributed by atoms with Gasteiger partial charge in [0.15, 0.2) is 0 Å². The van der Waals surface area contributed by atoms with Crippen LogP contribution in [0.25, 0.3) is 0 Å². The molecule has 1 atom stereocenters. The lowest BCUT2D eigenvalue weighted by atomic mass is 10.1. The Labute approximate surface area is 59.8 Å². The van der Waals surface area contributed by atoms with Gasteiger partial charge < -0.3 is 0 Å². The minimum Gasteiger partial charge on any atom is -0.0864 e. The molecule has 0 saturated carbocycles. The molecule has 0 aromatic carbocycles. The molecule has 1 unspecified atom stereocenters. The molecule has 0 nitrogen and oxygen atoms in total. The summed E-state index contributed by atoms with van der Waals surface area (Å²) in [7, 11) is 0. The summed E-state index contributed by atoms with van der Waals surface area (Å²) in [5.74, 6) is 0.817. The highest BCUT2D eigenvalue weighted by Gasteiger charge is 1.93. The van der Waals surface area contributed by atoms with Crippen LogP contribution in [0.5, 0.6) is 0 Å². The zero-order valence-corrected chi connectivity index (χ0v) is 7.10. The molecule has 7 heavy (non-hydrogen) atoms. The summed E-state index contributed by atoms with van der Waals surface area (Å²) in [4.78, 5) is 0. The molecule has 0 amide bonds. The van der Waals surface area contributed by atoms with Crippen molar-refractivity contribution in [2.75, 3.05) is 4.43 Å². The molecular weight excluding hydrogens is 199 g/mol. The van der Waals surface area contributed by atoms with E-state index in [-0.39, 0.29) is 0 Å². The molecule has 0 aromatic heterocycles. The first-order valence-electron chi connectivity index (χ1n) is 2.66. The van der Waals surface area contributed by atoms with Crippen LogP contribution in [0.2, 0.25) is 0 Å². The summed E-state index contributed by atoms with van der Waals surface area (Å²) in [6.45, 7) is 4.37. The van der Waals surface area contributed by atoms with Crippen molar-refractivity contribution in [3.63, 3.8) is 0 Å². The van der Waals surface area contributed by atoms with E-state index < -0.39 is 0 Å². The number of hydrogen-bond acceptors (Lipinski definition) is 0. The Bertz CT molecular complexity index is 35.2. The number of halogens is 1. The highest BCUT2D eigenvalue weighted by Crippen LogP contribution is 2.06. The molecule has 43 valence electrons. The van der Waals surface area contributed by atoms with Crippen molar-refractivity contribution < 1.29 is 0 Å². The third kappa shape index (κ3) is 4.59. The maximum atomic E-state index is 2.41. The maximum Gasteiger partial charge on any atom is -0.000209 e. The SMILES string of the molecule is C[CH]C(C)CCI. The van der Waals surface area contributed by atoms with Gasteiger partial charge in [0.25, 0.3) is 0 Å². The Kier molecular flexibility index (Phi) is 5.39. The number of hydrogen-bond donors (Lipinski definition) is 0. The smallest absolute Gasteiger partial charge is 0.000209 e. The minimum absolute atomic E-state index is 0.817. The molecule has 0 heterocycles. The van der Waals surface area contributed by atoms with Gasteiger partial charge in [-0.05, 0) is 23.2 Å². The average molecular weight is 211 g/mol. The zero-order chi connectivity index (χ0) is 5.70. The first kappa shape index (κ1) is 7.73. The van der Waals surface area contributed by atoms with Crippen LogP contribution in [0.4, 0.5) is 0 Å². The van der Waals surface area contributed by atoms with Crippen LogP contribution >= 0.6 is 22.6 Å². The Morgan fingerprint density at radius 1 is 1.71 bits per heavy atom. The molecule has 0 aliphatic carbocycles. The Balaban J connectivity index is 2.83. The van der Waals surface area contributed by atoms with E-state index in [9.17, 15) is 0 Å². The van der Waals surface area contributed by atoms with E-state index in [1.807, 2.05) is 0 Å². The highest BCUT2D eigenvalue weighted by atomic mass is 127. The van der Waals surface area contributed by atoms with Crippen LogP contribution in [0.1, 0.15) is 20.3 Å². The fourth-order valence-electron chi connectivity index (χ4n) is 0.339. The van der Waals surface area contributed by atoms with Gasteiger partial charge >= 0.3 is 0 Å². The summed E-state index contributed by atoms with van der Waals surface area (Å²) in [5.41, 5.74) is 0. The minimum atomic E-state index is 0.817. The summed E-state index contributed by atoms with van der Waals surface area (Å²) in [6.07, 6.45) is 3.58. The quantitative estimate of drug-likeness (QED) is 0.497. The zero-order valence-electron chi connectivity index (χ0n) is 4.95. The first-order valence-corrected chi connectivity index (χ1v) is 4.19. The lowest BCUT2D eigenvalue weighted by molar-refractivity contribution is 0.660. The normalized spacial score (nSPS) is 14.1. The Morgan fingerprint density at radius 2 is 2.29 bits per heavy atom. The van der Waals surface area contributed by atoms with Gasteiger partial charge in [0, 0.05) is 0 Å². The Morgan fingerprint density at radius 3 is 2.43 bits per heavy atom.